The van der Waals surface area contributed by atoms with Gasteiger partial charge < -0.3 is 10.4 Å². The molecule has 2 rings (SSSR count). The molecule has 1 aromatic rings. The van der Waals surface area contributed by atoms with Crippen LogP contribution in [0.4, 0.5) is 0 Å². The van der Waals surface area contributed by atoms with Crippen molar-refractivity contribution >= 4 is 11.9 Å². The number of benzene rings is 1. The zero-order valence-corrected chi connectivity index (χ0v) is 14.6. The average Bonchev–Trinajstić information content (AvgIpc) is 2.54. The topological polar surface area (TPSA) is 69.6 Å². The Morgan fingerprint density at radius 1 is 1.21 bits per heavy atom. The first-order valence-corrected chi connectivity index (χ1v) is 8.66. The van der Waals surface area contributed by atoms with E-state index in [1.807, 2.05) is 19.9 Å². The number of nitrogens with zero attached hydrogens (tertiary/aromatic N) is 1. The normalized spacial score (nSPS) is 16.8. The fourth-order valence-corrected chi connectivity index (χ4v) is 3.11. The Balaban J connectivity index is 1.77. The Hall–Kier alpha value is -1.88. The number of nitrogens with one attached hydrogen (secondary N) is 1. The summed E-state index contributed by atoms with van der Waals surface area (Å²) in [7, 11) is 0. The first-order chi connectivity index (χ1) is 11.4. The first-order valence-electron chi connectivity index (χ1n) is 8.66. The van der Waals surface area contributed by atoms with E-state index in [0.29, 0.717) is 6.42 Å². The molecule has 1 aliphatic rings. The lowest BCUT2D eigenvalue weighted by Crippen LogP contribution is -2.48. The molecule has 1 heterocycles. The molecule has 2 N–H and O–H groups in total. The third-order valence-electron chi connectivity index (χ3n) is 4.63. The van der Waals surface area contributed by atoms with Gasteiger partial charge in [0.25, 0.3) is 0 Å². The summed E-state index contributed by atoms with van der Waals surface area (Å²) in [4.78, 5) is 25.5. The summed E-state index contributed by atoms with van der Waals surface area (Å²) in [6.07, 6.45) is 2.23. The van der Waals surface area contributed by atoms with Crippen molar-refractivity contribution in [2.45, 2.75) is 51.6 Å². The van der Waals surface area contributed by atoms with Crippen molar-refractivity contribution in [2.75, 3.05) is 13.1 Å². The van der Waals surface area contributed by atoms with Crippen molar-refractivity contribution in [1.29, 1.82) is 0 Å². The second-order valence-corrected chi connectivity index (χ2v) is 7.30. The van der Waals surface area contributed by atoms with Crippen molar-refractivity contribution in [1.82, 2.24) is 10.2 Å². The summed E-state index contributed by atoms with van der Waals surface area (Å²) in [5.41, 5.74) is 0.826. The number of aliphatic carboxylic acids is 1. The maximum Gasteiger partial charge on any atom is 0.303 e. The van der Waals surface area contributed by atoms with Crippen LogP contribution >= 0.6 is 0 Å². The molecule has 24 heavy (non-hydrogen) atoms. The number of piperidine rings is 1. The van der Waals surface area contributed by atoms with Gasteiger partial charge in [0.1, 0.15) is 0 Å². The summed E-state index contributed by atoms with van der Waals surface area (Å²) in [5.74, 6) is -0.738. The van der Waals surface area contributed by atoms with Gasteiger partial charge in [-0.1, -0.05) is 30.3 Å². The number of hydrogen-bond donors (Lipinski definition) is 2. The van der Waals surface area contributed by atoms with Crippen LogP contribution in [0, 0.1) is 5.92 Å². The van der Waals surface area contributed by atoms with Crippen LogP contribution in [-0.2, 0) is 16.1 Å². The third-order valence-corrected chi connectivity index (χ3v) is 4.63. The number of carboxylic acids is 1. The van der Waals surface area contributed by atoms with E-state index in [9.17, 15) is 9.59 Å². The molecule has 1 aromatic carbocycles. The molecule has 132 valence electrons. The highest BCUT2D eigenvalue weighted by Crippen LogP contribution is 2.21. The number of likely N-dealkylation sites (tertiary alicyclic amines) is 1. The van der Waals surface area contributed by atoms with Gasteiger partial charge in [0.2, 0.25) is 5.91 Å². The van der Waals surface area contributed by atoms with Crippen LogP contribution in [0.15, 0.2) is 30.3 Å². The van der Waals surface area contributed by atoms with E-state index in [1.165, 1.54) is 5.56 Å². The molecule has 0 bridgehead atoms. The van der Waals surface area contributed by atoms with Crippen LogP contribution < -0.4 is 5.32 Å². The van der Waals surface area contributed by atoms with Gasteiger partial charge >= 0.3 is 5.97 Å². The monoisotopic (exact) mass is 332 g/mol. The maximum atomic E-state index is 12.4. The highest BCUT2D eigenvalue weighted by molar-refractivity contribution is 5.79. The van der Waals surface area contributed by atoms with Gasteiger partial charge in [-0.3, -0.25) is 14.5 Å². The fourth-order valence-electron chi connectivity index (χ4n) is 3.11. The predicted molar refractivity (Wildman–Crippen MR) is 93.5 cm³/mol. The largest absolute Gasteiger partial charge is 0.481 e. The lowest BCUT2D eigenvalue weighted by Gasteiger charge is -2.34. The quantitative estimate of drug-likeness (QED) is 0.805. The Morgan fingerprint density at radius 3 is 2.42 bits per heavy atom. The maximum absolute atomic E-state index is 12.4. The minimum Gasteiger partial charge on any atom is -0.481 e. The summed E-state index contributed by atoms with van der Waals surface area (Å²) < 4.78 is 0. The zero-order valence-electron chi connectivity index (χ0n) is 14.6. The molecule has 1 amide bonds. The van der Waals surface area contributed by atoms with E-state index in [2.05, 4.69) is 34.5 Å². The third kappa shape index (κ3) is 5.96. The number of hydrogen-bond acceptors (Lipinski definition) is 3. The molecule has 5 nitrogen and oxygen atoms in total. The van der Waals surface area contributed by atoms with Gasteiger partial charge in [0.15, 0.2) is 0 Å². The second-order valence-electron chi connectivity index (χ2n) is 7.30. The number of carbonyl (C=O) groups excluding carboxylic acids is 1. The van der Waals surface area contributed by atoms with Gasteiger partial charge in [0, 0.05) is 24.4 Å². The fraction of sp³-hybridized carbons (Fsp3) is 0.579. The molecule has 0 aromatic heterocycles. The Bertz CT molecular complexity index is 549. The minimum absolute atomic E-state index is 0.0288. The molecular weight excluding hydrogens is 304 g/mol. The molecule has 0 atom stereocenters. The number of rotatable bonds is 7. The highest BCUT2D eigenvalue weighted by Gasteiger charge is 2.29. The standard InChI is InChI=1S/C19H28N2O3/c1-19(2,11-8-17(22)23)20-18(24)16-9-12-21(13-10-16)14-15-6-4-3-5-7-15/h3-7,16H,8-14H2,1-2H3,(H,20,24)(H,22,23). The van der Waals surface area contributed by atoms with Gasteiger partial charge in [-0.25, -0.2) is 0 Å². The van der Waals surface area contributed by atoms with Gasteiger partial charge in [-0.05, 0) is 51.8 Å². The SMILES string of the molecule is CC(C)(CCC(=O)O)NC(=O)C1CCN(Cc2ccccc2)CC1. The first kappa shape index (κ1) is 18.5. The van der Waals surface area contributed by atoms with Crippen LogP contribution in [0.1, 0.15) is 45.1 Å². The Kier molecular flexibility index (Phi) is 6.37. The Labute approximate surface area is 144 Å². The molecular formula is C19H28N2O3. The predicted octanol–water partition coefficient (Wildman–Crippen LogP) is 2.66. The smallest absolute Gasteiger partial charge is 0.303 e. The van der Waals surface area contributed by atoms with E-state index in [-0.39, 0.29) is 18.2 Å². The summed E-state index contributed by atoms with van der Waals surface area (Å²) >= 11 is 0. The minimum atomic E-state index is -0.827. The number of carboxylic acid groups (broad SMARTS) is 1. The van der Waals surface area contributed by atoms with Gasteiger partial charge in [-0.15, -0.1) is 0 Å². The number of amides is 1. The van der Waals surface area contributed by atoms with E-state index >= 15 is 0 Å². The van der Waals surface area contributed by atoms with Crippen LogP contribution in [0.5, 0.6) is 0 Å². The molecule has 1 saturated heterocycles. The van der Waals surface area contributed by atoms with Crippen LogP contribution in [-0.4, -0.2) is 40.5 Å². The van der Waals surface area contributed by atoms with Gasteiger partial charge in [0.05, 0.1) is 0 Å². The van der Waals surface area contributed by atoms with Crippen LogP contribution in [0.3, 0.4) is 0 Å². The van der Waals surface area contributed by atoms with E-state index < -0.39 is 11.5 Å². The lowest BCUT2D eigenvalue weighted by molar-refractivity contribution is -0.138. The molecule has 0 radical (unpaired) electrons. The molecule has 0 unspecified atom stereocenters. The van der Waals surface area contributed by atoms with Crippen LogP contribution in [0.2, 0.25) is 0 Å². The zero-order chi connectivity index (χ0) is 17.6. The summed E-state index contributed by atoms with van der Waals surface area (Å²) in [6, 6.07) is 10.4. The molecule has 0 spiro atoms. The van der Waals surface area contributed by atoms with Crippen molar-refractivity contribution in [3.63, 3.8) is 0 Å². The Morgan fingerprint density at radius 2 is 1.83 bits per heavy atom. The summed E-state index contributed by atoms with van der Waals surface area (Å²) in [5, 5.41) is 11.8. The number of carbonyl (C=O) groups is 2. The summed E-state index contributed by atoms with van der Waals surface area (Å²) in [6.45, 7) is 6.54. The van der Waals surface area contributed by atoms with Crippen molar-refractivity contribution in [3.05, 3.63) is 35.9 Å². The lowest BCUT2D eigenvalue weighted by atomic mass is 9.92. The molecule has 0 aliphatic carbocycles. The highest BCUT2D eigenvalue weighted by atomic mass is 16.4. The molecule has 5 heteroatoms. The van der Waals surface area contributed by atoms with E-state index in [0.717, 1.165) is 32.5 Å². The van der Waals surface area contributed by atoms with Crippen molar-refractivity contribution in [2.24, 2.45) is 5.92 Å². The van der Waals surface area contributed by atoms with E-state index in [4.69, 9.17) is 5.11 Å². The molecule has 1 fully saturated rings. The van der Waals surface area contributed by atoms with E-state index in [1.54, 1.807) is 0 Å². The molecule has 0 saturated carbocycles. The second kappa shape index (κ2) is 8.29. The van der Waals surface area contributed by atoms with Gasteiger partial charge in [-0.2, -0.15) is 0 Å². The van der Waals surface area contributed by atoms with Crippen LogP contribution in [0.25, 0.3) is 0 Å². The average molecular weight is 332 g/mol. The van der Waals surface area contributed by atoms with Crippen molar-refractivity contribution in [3.8, 4) is 0 Å². The van der Waals surface area contributed by atoms with Crippen molar-refractivity contribution < 1.29 is 14.7 Å². The molecule has 1 aliphatic heterocycles.